The molecule has 0 spiro atoms. The lowest BCUT2D eigenvalue weighted by Crippen LogP contribution is -2.40. The Balaban J connectivity index is 1.92. The molecule has 1 unspecified atom stereocenters. The highest BCUT2D eigenvalue weighted by Gasteiger charge is 2.18. The number of hydrogen-bond donors (Lipinski definition) is 2. The van der Waals surface area contributed by atoms with Gasteiger partial charge in [0.15, 0.2) is 0 Å². The normalized spacial score (nSPS) is 21.4. The minimum Gasteiger partial charge on any atom is -0.399 e. The fraction of sp³-hybridized carbons (Fsp3) is 0.571. The molecule has 2 rings (SSSR count). The predicted octanol–water partition coefficient (Wildman–Crippen LogP) is 2.47. The molecule has 3 N–H and O–H groups in total. The van der Waals surface area contributed by atoms with Crippen LogP contribution in [-0.4, -0.2) is 31.1 Å². The van der Waals surface area contributed by atoms with Crippen molar-refractivity contribution in [3.63, 3.8) is 0 Å². The van der Waals surface area contributed by atoms with Crippen molar-refractivity contribution in [1.82, 2.24) is 4.90 Å². The lowest BCUT2D eigenvalue weighted by atomic mass is 10.0. The molecular weight excluding hydrogens is 210 g/mol. The molecule has 0 bridgehead atoms. The van der Waals surface area contributed by atoms with Gasteiger partial charge in [0, 0.05) is 24.0 Å². The number of piperidine rings is 1. The lowest BCUT2D eigenvalue weighted by molar-refractivity contribution is 0.194. The smallest absolute Gasteiger partial charge is 0.0364 e. The molecule has 94 valence electrons. The molecule has 0 saturated carbocycles. The summed E-state index contributed by atoms with van der Waals surface area (Å²) in [5.41, 5.74) is 9.04. The molecule has 1 aromatic rings. The second-order valence-electron chi connectivity index (χ2n) is 5.14. The van der Waals surface area contributed by atoms with Crippen molar-refractivity contribution in [1.29, 1.82) is 0 Å². The number of nitrogens with one attached hydrogen (secondary N) is 1. The second-order valence-corrected chi connectivity index (χ2v) is 5.14. The number of aryl methyl sites for hydroxylation is 1. The van der Waals surface area contributed by atoms with E-state index in [2.05, 4.69) is 30.3 Å². The van der Waals surface area contributed by atoms with Crippen LogP contribution in [-0.2, 0) is 0 Å². The van der Waals surface area contributed by atoms with Gasteiger partial charge in [-0.2, -0.15) is 0 Å². The summed E-state index contributed by atoms with van der Waals surface area (Å²) in [4.78, 5) is 2.45. The molecule has 1 aliphatic heterocycles. The van der Waals surface area contributed by atoms with Crippen LogP contribution in [0.15, 0.2) is 18.2 Å². The van der Waals surface area contributed by atoms with Crippen LogP contribution in [0.3, 0.4) is 0 Å². The van der Waals surface area contributed by atoms with E-state index in [9.17, 15) is 0 Å². The highest BCUT2D eigenvalue weighted by atomic mass is 15.2. The van der Waals surface area contributed by atoms with Crippen molar-refractivity contribution < 1.29 is 0 Å². The van der Waals surface area contributed by atoms with E-state index in [1.807, 2.05) is 12.1 Å². The van der Waals surface area contributed by atoms with Crippen LogP contribution in [0.1, 0.15) is 24.8 Å². The molecule has 1 fully saturated rings. The Morgan fingerprint density at radius 1 is 1.35 bits per heavy atom. The van der Waals surface area contributed by atoms with Crippen LogP contribution >= 0.6 is 0 Å². The van der Waals surface area contributed by atoms with Crippen molar-refractivity contribution in [2.45, 2.75) is 32.2 Å². The minimum atomic E-state index is 0.658. The number of nitrogen functional groups attached to an aromatic ring is 1. The van der Waals surface area contributed by atoms with E-state index in [1.54, 1.807) is 0 Å². The molecule has 1 atom stereocenters. The summed E-state index contributed by atoms with van der Waals surface area (Å²) in [6.45, 7) is 4.32. The number of hydrogen-bond acceptors (Lipinski definition) is 3. The fourth-order valence-electron chi connectivity index (χ4n) is 2.55. The maximum atomic E-state index is 5.85. The van der Waals surface area contributed by atoms with Gasteiger partial charge in [0.1, 0.15) is 0 Å². The summed E-state index contributed by atoms with van der Waals surface area (Å²) in [7, 11) is 2.22. The Bertz CT molecular complexity index is 355. The van der Waals surface area contributed by atoms with Gasteiger partial charge in [-0.15, -0.1) is 0 Å². The van der Waals surface area contributed by atoms with Gasteiger partial charge in [0.25, 0.3) is 0 Å². The van der Waals surface area contributed by atoms with Crippen molar-refractivity contribution >= 4 is 11.4 Å². The quantitative estimate of drug-likeness (QED) is 0.788. The third-order valence-corrected chi connectivity index (χ3v) is 3.56. The number of nitrogens with zero attached hydrogens (tertiary/aromatic N) is 1. The first kappa shape index (κ1) is 12.2. The van der Waals surface area contributed by atoms with Gasteiger partial charge < -0.3 is 16.0 Å². The van der Waals surface area contributed by atoms with Crippen molar-refractivity contribution in [3.8, 4) is 0 Å². The van der Waals surface area contributed by atoms with Gasteiger partial charge in [0.2, 0.25) is 0 Å². The SMILES string of the molecule is Cc1cc(N)cc(NCC2CCCCN2C)c1. The van der Waals surface area contributed by atoms with Gasteiger partial charge in [-0.05, 0) is 57.1 Å². The summed E-state index contributed by atoms with van der Waals surface area (Å²) in [5, 5.41) is 3.50. The zero-order chi connectivity index (χ0) is 12.3. The van der Waals surface area contributed by atoms with Gasteiger partial charge in [-0.1, -0.05) is 6.42 Å². The first-order valence-electron chi connectivity index (χ1n) is 6.46. The van der Waals surface area contributed by atoms with Crippen LogP contribution in [0.4, 0.5) is 11.4 Å². The second kappa shape index (κ2) is 5.41. The van der Waals surface area contributed by atoms with Gasteiger partial charge in [-0.3, -0.25) is 0 Å². The fourth-order valence-corrected chi connectivity index (χ4v) is 2.55. The molecule has 1 aliphatic rings. The predicted molar refractivity (Wildman–Crippen MR) is 74.4 cm³/mol. The molecule has 1 aromatic carbocycles. The standard InChI is InChI=1S/C14H23N3/c1-11-7-12(15)9-13(8-11)16-10-14-5-3-4-6-17(14)2/h7-9,14,16H,3-6,10,15H2,1-2H3. The van der Waals surface area contributed by atoms with Gasteiger partial charge >= 0.3 is 0 Å². The van der Waals surface area contributed by atoms with Gasteiger partial charge in [-0.25, -0.2) is 0 Å². The van der Waals surface area contributed by atoms with Crippen LogP contribution < -0.4 is 11.1 Å². The zero-order valence-corrected chi connectivity index (χ0v) is 10.9. The molecule has 17 heavy (non-hydrogen) atoms. The Kier molecular flexibility index (Phi) is 3.89. The van der Waals surface area contributed by atoms with E-state index in [1.165, 1.54) is 31.4 Å². The monoisotopic (exact) mass is 233 g/mol. The van der Waals surface area contributed by atoms with Crippen molar-refractivity contribution in [2.75, 3.05) is 31.2 Å². The van der Waals surface area contributed by atoms with Crippen LogP contribution in [0.2, 0.25) is 0 Å². The van der Waals surface area contributed by atoms with Gasteiger partial charge in [0.05, 0.1) is 0 Å². The van der Waals surface area contributed by atoms with Crippen LogP contribution in [0, 0.1) is 6.92 Å². The molecule has 1 saturated heterocycles. The third kappa shape index (κ3) is 3.37. The summed E-state index contributed by atoms with van der Waals surface area (Å²) in [6.07, 6.45) is 3.99. The average molecular weight is 233 g/mol. The van der Waals surface area contributed by atoms with E-state index in [0.717, 1.165) is 17.9 Å². The van der Waals surface area contributed by atoms with E-state index in [-0.39, 0.29) is 0 Å². The number of nitrogens with two attached hydrogens (primary N) is 1. The Morgan fingerprint density at radius 2 is 2.18 bits per heavy atom. The first-order chi connectivity index (χ1) is 8.15. The highest BCUT2D eigenvalue weighted by molar-refractivity contribution is 5.56. The topological polar surface area (TPSA) is 41.3 Å². The third-order valence-electron chi connectivity index (χ3n) is 3.56. The lowest BCUT2D eigenvalue weighted by Gasteiger charge is -2.32. The first-order valence-corrected chi connectivity index (χ1v) is 6.46. The number of anilines is 2. The molecule has 1 heterocycles. The van der Waals surface area contributed by atoms with E-state index in [0.29, 0.717) is 6.04 Å². The van der Waals surface area contributed by atoms with Crippen LogP contribution in [0.5, 0.6) is 0 Å². The molecule has 0 aromatic heterocycles. The summed E-state index contributed by atoms with van der Waals surface area (Å²) in [6, 6.07) is 6.82. The number of likely N-dealkylation sites (tertiary alicyclic amines) is 1. The number of likely N-dealkylation sites (N-methyl/N-ethyl adjacent to an activating group) is 1. The van der Waals surface area contributed by atoms with E-state index >= 15 is 0 Å². The maximum Gasteiger partial charge on any atom is 0.0364 e. The van der Waals surface area contributed by atoms with Crippen molar-refractivity contribution in [2.24, 2.45) is 0 Å². The Morgan fingerprint density at radius 3 is 2.88 bits per heavy atom. The highest BCUT2D eigenvalue weighted by Crippen LogP contribution is 2.18. The van der Waals surface area contributed by atoms with E-state index < -0.39 is 0 Å². The summed E-state index contributed by atoms with van der Waals surface area (Å²) >= 11 is 0. The molecule has 0 radical (unpaired) electrons. The molecular formula is C14H23N3. The molecule has 3 nitrogen and oxygen atoms in total. The molecule has 3 heteroatoms. The minimum absolute atomic E-state index is 0.658. The van der Waals surface area contributed by atoms with Crippen molar-refractivity contribution in [3.05, 3.63) is 23.8 Å². The largest absolute Gasteiger partial charge is 0.399 e. The Hall–Kier alpha value is -1.22. The van der Waals surface area contributed by atoms with Crippen LogP contribution in [0.25, 0.3) is 0 Å². The summed E-state index contributed by atoms with van der Waals surface area (Å²) in [5.74, 6) is 0. The Labute approximate surface area is 104 Å². The zero-order valence-electron chi connectivity index (χ0n) is 10.9. The number of benzene rings is 1. The van der Waals surface area contributed by atoms with E-state index in [4.69, 9.17) is 5.73 Å². The molecule has 0 aliphatic carbocycles. The molecule has 0 amide bonds. The average Bonchev–Trinajstić information content (AvgIpc) is 2.27. The summed E-state index contributed by atoms with van der Waals surface area (Å²) < 4.78 is 0. The number of rotatable bonds is 3. The maximum absolute atomic E-state index is 5.85.